The number of hydrogen-bond donors (Lipinski definition) is 1. The van der Waals surface area contributed by atoms with E-state index in [0.29, 0.717) is 6.54 Å². The summed E-state index contributed by atoms with van der Waals surface area (Å²) in [5.41, 5.74) is -0.148. The molecule has 4 nitrogen and oxygen atoms in total. The average molecular weight is 358 g/mol. The first-order valence-electron chi connectivity index (χ1n) is 7.01. The predicted molar refractivity (Wildman–Crippen MR) is 85.7 cm³/mol. The van der Waals surface area contributed by atoms with Crippen LogP contribution in [0.2, 0.25) is 5.02 Å². The second-order valence-electron chi connectivity index (χ2n) is 5.23. The lowest BCUT2D eigenvalue weighted by atomic mass is 10.2. The van der Waals surface area contributed by atoms with Gasteiger partial charge in [0.15, 0.2) is 0 Å². The second kappa shape index (κ2) is 7.63. The van der Waals surface area contributed by atoms with Crippen molar-refractivity contribution >= 4 is 23.2 Å². The van der Waals surface area contributed by atoms with Gasteiger partial charge in [0.2, 0.25) is 5.91 Å². The van der Waals surface area contributed by atoms with Crippen molar-refractivity contribution in [3.8, 4) is 0 Å². The summed E-state index contributed by atoms with van der Waals surface area (Å²) in [5.74, 6) is -0.427. The molecule has 128 valence electrons. The molecule has 0 aliphatic carbocycles. The van der Waals surface area contributed by atoms with Gasteiger partial charge in [-0.15, -0.1) is 0 Å². The van der Waals surface area contributed by atoms with Crippen molar-refractivity contribution in [3.63, 3.8) is 0 Å². The van der Waals surface area contributed by atoms with Crippen molar-refractivity contribution < 1.29 is 18.0 Å². The Morgan fingerprint density at radius 1 is 1.29 bits per heavy atom. The monoisotopic (exact) mass is 357 g/mol. The molecule has 0 fully saturated rings. The molecule has 1 N–H and O–H groups in total. The molecule has 2 aromatic rings. The lowest BCUT2D eigenvalue weighted by molar-refractivity contribution is -0.137. The second-order valence-corrected chi connectivity index (χ2v) is 5.64. The van der Waals surface area contributed by atoms with Crippen molar-refractivity contribution in [1.29, 1.82) is 0 Å². The third-order valence-electron chi connectivity index (χ3n) is 3.13. The average Bonchev–Trinajstić information content (AvgIpc) is 2.48. The molecule has 1 amide bonds. The zero-order chi connectivity index (χ0) is 17.7. The molecule has 0 saturated heterocycles. The van der Waals surface area contributed by atoms with Crippen molar-refractivity contribution in [1.82, 2.24) is 9.88 Å². The van der Waals surface area contributed by atoms with Crippen molar-refractivity contribution in [2.45, 2.75) is 12.7 Å². The quantitative estimate of drug-likeness (QED) is 0.884. The summed E-state index contributed by atoms with van der Waals surface area (Å²) < 4.78 is 38.4. The number of benzene rings is 1. The third-order valence-corrected chi connectivity index (χ3v) is 3.46. The Bertz CT molecular complexity index is 707. The summed E-state index contributed by atoms with van der Waals surface area (Å²) in [5, 5.41) is 2.03. The number of carbonyl (C=O) groups is 1. The lowest BCUT2D eigenvalue weighted by Gasteiger charge is -2.16. The lowest BCUT2D eigenvalue weighted by Crippen LogP contribution is -2.30. The number of halogens is 4. The van der Waals surface area contributed by atoms with Gasteiger partial charge < -0.3 is 5.32 Å². The van der Waals surface area contributed by atoms with Gasteiger partial charge in [0.25, 0.3) is 0 Å². The fourth-order valence-corrected chi connectivity index (χ4v) is 2.31. The molecule has 0 radical (unpaired) electrons. The van der Waals surface area contributed by atoms with Crippen LogP contribution in [0, 0.1) is 0 Å². The highest BCUT2D eigenvalue weighted by Crippen LogP contribution is 2.36. The van der Waals surface area contributed by atoms with E-state index < -0.39 is 22.7 Å². The number of rotatable bonds is 5. The number of alkyl halides is 3. The zero-order valence-corrected chi connectivity index (χ0v) is 13.5. The van der Waals surface area contributed by atoms with Crippen LogP contribution in [0.1, 0.15) is 11.3 Å². The molecule has 2 rings (SSSR count). The standard InChI is InChI=1S/C16H15ClF3N3O/c1-23(9-12-4-2-3-7-21-12)10-15(24)22-11-5-6-14(17)13(8-11)16(18,19)20/h2-8H,9-10H2,1H3,(H,22,24). The number of nitrogens with one attached hydrogen (secondary N) is 1. The minimum Gasteiger partial charge on any atom is -0.325 e. The zero-order valence-electron chi connectivity index (χ0n) is 12.8. The summed E-state index contributed by atoms with van der Waals surface area (Å²) in [6.07, 6.45) is -2.93. The first-order valence-corrected chi connectivity index (χ1v) is 7.38. The van der Waals surface area contributed by atoms with E-state index in [-0.39, 0.29) is 12.2 Å². The molecule has 1 aromatic heterocycles. The van der Waals surface area contributed by atoms with Crippen molar-refractivity contribution in [2.75, 3.05) is 18.9 Å². The van der Waals surface area contributed by atoms with Crippen LogP contribution in [0.25, 0.3) is 0 Å². The molecule has 0 unspecified atom stereocenters. The molecule has 0 saturated carbocycles. The van der Waals surface area contributed by atoms with Gasteiger partial charge >= 0.3 is 6.18 Å². The Kier molecular flexibility index (Phi) is 5.80. The molecule has 0 spiro atoms. The van der Waals surface area contributed by atoms with Gasteiger partial charge in [0.05, 0.1) is 22.8 Å². The molecule has 0 aliphatic rings. The maximum absolute atomic E-state index is 12.8. The van der Waals surface area contributed by atoms with Crippen LogP contribution < -0.4 is 5.32 Å². The van der Waals surface area contributed by atoms with E-state index in [1.54, 1.807) is 24.2 Å². The van der Waals surface area contributed by atoms with Crippen molar-refractivity contribution in [2.24, 2.45) is 0 Å². The topological polar surface area (TPSA) is 45.2 Å². The van der Waals surface area contributed by atoms with Gasteiger partial charge in [-0.3, -0.25) is 14.7 Å². The van der Waals surface area contributed by atoms with Crippen LogP contribution in [0.15, 0.2) is 42.6 Å². The summed E-state index contributed by atoms with van der Waals surface area (Å²) in [6.45, 7) is 0.462. The Balaban J connectivity index is 1.97. The van der Waals surface area contributed by atoms with Crippen LogP contribution in [0.3, 0.4) is 0 Å². The highest BCUT2D eigenvalue weighted by molar-refractivity contribution is 6.31. The SMILES string of the molecule is CN(CC(=O)Nc1ccc(Cl)c(C(F)(F)F)c1)Cc1ccccn1. The highest BCUT2D eigenvalue weighted by Gasteiger charge is 2.33. The number of nitrogens with zero attached hydrogens (tertiary/aromatic N) is 2. The maximum atomic E-state index is 12.8. The van der Waals surface area contributed by atoms with Gasteiger partial charge in [-0.2, -0.15) is 13.2 Å². The van der Waals surface area contributed by atoms with Gasteiger partial charge in [-0.1, -0.05) is 17.7 Å². The Morgan fingerprint density at radius 2 is 2.04 bits per heavy atom. The normalized spacial score (nSPS) is 11.6. The molecule has 24 heavy (non-hydrogen) atoms. The summed E-state index contributed by atoms with van der Waals surface area (Å²) >= 11 is 5.54. The number of anilines is 1. The number of carbonyl (C=O) groups excluding carboxylic acids is 1. The fraction of sp³-hybridized carbons (Fsp3) is 0.250. The Hall–Kier alpha value is -2.12. The molecule has 1 aromatic carbocycles. The van der Waals surface area contributed by atoms with Crippen LogP contribution in [0.5, 0.6) is 0 Å². The number of amides is 1. The molecule has 1 heterocycles. The van der Waals surface area contributed by atoms with Gasteiger partial charge in [-0.25, -0.2) is 0 Å². The Labute approximate surface area is 142 Å². The molecule has 0 aliphatic heterocycles. The molecular weight excluding hydrogens is 343 g/mol. The van der Waals surface area contributed by atoms with Gasteiger partial charge in [0, 0.05) is 18.4 Å². The molecular formula is C16H15ClF3N3O. The van der Waals surface area contributed by atoms with E-state index in [9.17, 15) is 18.0 Å². The minimum absolute atomic E-state index is 0.0144. The summed E-state index contributed by atoms with van der Waals surface area (Å²) in [7, 11) is 1.72. The number of pyridine rings is 1. The van der Waals surface area contributed by atoms with Gasteiger partial charge in [0.1, 0.15) is 0 Å². The fourth-order valence-electron chi connectivity index (χ4n) is 2.09. The molecule has 0 bridgehead atoms. The molecule has 8 heteroatoms. The minimum atomic E-state index is -4.58. The van der Waals surface area contributed by atoms with Crippen LogP contribution in [-0.2, 0) is 17.5 Å². The third kappa shape index (κ3) is 5.21. The van der Waals surface area contributed by atoms with Gasteiger partial charge in [-0.05, 0) is 37.4 Å². The summed E-state index contributed by atoms with van der Waals surface area (Å²) in [4.78, 5) is 17.8. The number of hydrogen-bond acceptors (Lipinski definition) is 3. The van der Waals surface area contributed by atoms with E-state index in [1.165, 1.54) is 6.07 Å². The highest BCUT2D eigenvalue weighted by atomic mass is 35.5. The summed E-state index contributed by atoms with van der Waals surface area (Å²) in [6, 6.07) is 8.70. The first kappa shape index (κ1) is 18.2. The number of likely N-dealkylation sites (N-methyl/N-ethyl adjacent to an activating group) is 1. The smallest absolute Gasteiger partial charge is 0.325 e. The van der Waals surface area contributed by atoms with E-state index in [2.05, 4.69) is 10.3 Å². The Morgan fingerprint density at radius 3 is 2.67 bits per heavy atom. The first-order chi connectivity index (χ1) is 11.3. The van der Waals surface area contributed by atoms with Crippen LogP contribution in [-0.4, -0.2) is 29.4 Å². The van der Waals surface area contributed by atoms with E-state index in [1.807, 2.05) is 12.1 Å². The van der Waals surface area contributed by atoms with Crippen molar-refractivity contribution in [3.05, 3.63) is 58.9 Å². The number of aromatic nitrogens is 1. The largest absolute Gasteiger partial charge is 0.417 e. The van der Waals surface area contributed by atoms with Crippen LogP contribution >= 0.6 is 11.6 Å². The van der Waals surface area contributed by atoms with Crippen LogP contribution in [0.4, 0.5) is 18.9 Å². The van der Waals surface area contributed by atoms with E-state index in [0.717, 1.165) is 17.8 Å². The van der Waals surface area contributed by atoms with E-state index >= 15 is 0 Å². The molecule has 0 atom stereocenters. The predicted octanol–water partition coefficient (Wildman–Crippen LogP) is 3.82. The maximum Gasteiger partial charge on any atom is 0.417 e. The van der Waals surface area contributed by atoms with E-state index in [4.69, 9.17) is 11.6 Å².